The Kier molecular flexibility index (Phi) is 13.7. The lowest BCUT2D eigenvalue weighted by Crippen LogP contribution is -2.08. The largest absolute Gasteiger partial charge is 0.416 e. The van der Waals surface area contributed by atoms with Crippen LogP contribution in [0.15, 0.2) is 185 Å². The van der Waals surface area contributed by atoms with Gasteiger partial charge in [0.15, 0.2) is 0 Å². The number of halogens is 7. The first kappa shape index (κ1) is 38.1. The van der Waals surface area contributed by atoms with E-state index < -0.39 is 23.5 Å². The van der Waals surface area contributed by atoms with Crippen molar-refractivity contribution < 1.29 is 26.3 Å². The summed E-state index contributed by atoms with van der Waals surface area (Å²) in [5.41, 5.74) is 6.94. The predicted molar refractivity (Wildman–Crippen MR) is 195 cm³/mol. The molecule has 0 spiro atoms. The van der Waals surface area contributed by atoms with Crippen LogP contribution in [0.5, 0.6) is 0 Å². The Morgan fingerprint density at radius 1 is 0.471 bits per heavy atom. The Morgan fingerprint density at radius 3 is 1.20 bits per heavy atom. The van der Waals surface area contributed by atoms with Gasteiger partial charge in [-0.25, -0.2) is 0 Å². The molecule has 0 atom stereocenters. The molecule has 6 aromatic rings. The molecule has 0 aliphatic carbocycles. The number of benzene rings is 6. The maximum atomic E-state index is 12.8. The number of nitrogens with one attached hydrogen (secondary N) is 1. The van der Waals surface area contributed by atoms with Crippen LogP contribution >= 0.6 is 15.9 Å². The van der Waals surface area contributed by atoms with Gasteiger partial charge in [-0.2, -0.15) is 36.5 Å². The van der Waals surface area contributed by atoms with Gasteiger partial charge in [-0.15, -0.1) is 0 Å². The molecule has 0 fully saturated rings. The third kappa shape index (κ3) is 12.0. The van der Waals surface area contributed by atoms with Gasteiger partial charge in [-0.1, -0.05) is 149 Å². The van der Waals surface area contributed by atoms with Gasteiger partial charge >= 0.3 is 12.4 Å². The van der Waals surface area contributed by atoms with Gasteiger partial charge in [0.25, 0.3) is 0 Å². The van der Waals surface area contributed by atoms with E-state index >= 15 is 0 Å². The monoisotopic (exact) mass is 760 g/mol. The Bertz CT molecular complexity index is 1920. The Labute approximate surface area is 300 Å². The van der Waals surface area contributed by atoms with Crippen LogP contribution in [0.1, 0.15) is 33.4 Å². The molecular weight excluding hydrogens is 730 g/mol. The van der Waals surface area contributed by atoms with E-state index in [2.05, 4.69) is 31.6 Å². The molecule has 3 N–H and O–H groups in total. The molecule has 0 unspecified atom stereocenters. The third-order valence-corrected chi connectivity index (χ3v) is 7.45. The lowest BCUT2D eigenvalue weighted by molar-refractivity contribution is -0.138. The molecular formula is C40H31BrF6N4. The van der Waals surface area contributed by atoms with Crippen LogP contribution in [0, 0.1) is 0 Å². The van der Waals surface area contributed by atoms with Crippen molar-refractivity contribution in [2.24, 2.45) is 16.0 Å². The highest BCUT2D eigenvalue weighted by molar-refractivity contribution is 9.10. The summed E-state index contributed by atoms with van der Waals surface area (Å²) < 4.78 is 74.8. The van der Waals surface area contributed by atoms with Crippen LogP contribution in [-0.2, 0) is 12.4 Å². The third-order valence-electron chi connectivity index (χ3n) is 6.96. The molecule has 0 aliphatic rings. The minimum absolute atomic E-state index is 0.277. The molecule has 260 valence electrons. The first-order valence-corrected chi connectivity index (χ1v) is 16.1. The summed E-state index contributed by atoms with van der Waals surface area (Å²) in [5, 5.41) is 8.20. The molecule has 6 rings (SSSR count). The Morgan fingerprint density at radius 2 is 0.843 bits per heavy atom. The zero-order chi connectivity index (χ0) is 36.7. The van der Waals surface area contributed by atoms with Crippen LogP contribution in [-0.4, -0.2) is 11.4 Å². The highest BCUT2D eigenvalue weighted by atomic mass is 79.9. The Hall–Kier alpha value is -5.68. The fraction of sp³-hybridized carbons (Fsp3) is 0.0500. The average molecular weight is 762 g/mol. The van der Waals surface area contributed by atoms with Crippen molar-refractivity contribution in [2.75, 3.05) is 5.43 Å². The number of hydrogen-bond donors (Lipinski definition) is 2. The number of alkyl halides is 6. The summed E-state index contributed by atoms with van der Waals surface area (Å²) in [6.07, 6.45) is -8.63. The summed E-state index contributed by atoms with van der Waals surface area (Å²) in [6, 6.07) is 48.7. The van der Waals surface area contributed by atoms with Crippen molar-refractivity contribution in [1.82, 2.24) is 0 Å². The van der Waals surface area contributed by atoms with E-state index in [9.17, 15) is 26.3 Å². The van der Waals surface area contributed by atoms with Crippen molar-refractivity contribution in [3.05, 3.63) is 208 Å². The van der Waals surface area contributed by atoms with Crippen LogP contribution in [0.2, 0.25) is 0 Å². The molecule has 0 saturated heterocycles. The fourth-order valence-corrected chi connectivity index (χ4v) is 4.95. The van der Waals surface area contributed by atoms with Crippen molar-refractivity contribution in [2.45, 2.75) is 12.4 Å². The van der Waals surface area contributed by atoms with Crippen LogP contribution in [0.4, 0.5) is 32.0 Å². The fourth-order valence-electron chi connectivity index (χ4n) is 4.55. The average Bonchev–Trinajstić information content (AvgIpc) is 3.14. The quantitative estimate of drug-likeness (QED) is 0.0768. The molecule has 4 nitrogen and oxygen atoms in total. The smallest absolute Gasteiger partial charge is 0.323 e. The second kappa shape index (κ2) is 18.4. The maximum Gasteiger partial charge on any atom is 0.416 e. The highest BCUT2D eigenvalue weighted by Crippen LogP contribution is 2.31. The first-order chi connectivity index (χ1) is 24.5. The minimum Gasteiger partial charge on any atom is -0.323 e. The number of rotatable bonds is 6. The number of hydrogen-bond acceptors (Lipinski definition) is 4. The second-order valence-corrected chi connectivity index (χ2v) is 11.5. The summed E-state index contributed by atoms with van der Waals surface area (Å²) in [4.78, 5) is 0. The van der Waals surface area contributed by atoms with Gasteiger partial charge in [-0.05, 0) is 36.4 Å². The van der Waals surface area contributed by atoms with Crippen LogP contribution < -0.4 is 11.3 Å². The van der Waals surface area contributed by atoms with E-state index in [1.807, 2.05) is 121 Å². The van der Waals surface area contributed by atoms with Crippen LogP contribution in [0.3, 0.4) is 0 Å². The SMILES string of the molecule is FC(F)(F)c1cccc(Br)c1.FC(F)(F)c1cccc(NN=C(c2ccccc2)c2ccccc2)c1.NN=C(c1ccccc1)c1ccccc1. The van der Waals surface area contributed by atoms with E-state index in [1.54, 1.807) is 12.1 Å². The van der Waals surface area contributed by atoms with E-state index in [1.165, 1.54) is 12.1 Å². The molecule has 51 heavy (non-hydrogen) atoms. The standard InChI is InChI=1S/C20H15F3N2.C13H12N2.C7H4BrF3/c21-20(22,23)17-12-7-13-18(14-17)24-25-19(15-8-3-1-4-9-15)16-10-5-2-6-11-16;14-15-13(11-7-3-1-4-8-11)12-9-5-2-6-10-12;8-6-3-1-2-5(4-6)7(9,10)11/h1-14,24H;1-10H,14H2;1-4H. The molecule has 6 aromatic carbocycles. The highest BCUT2D eigenvalue weighted by Gasteiger charge is 2.31. The zero-order valence-electron chi connectivity index (χ0n) is 26.8. The summed E-state index contributed by atoms with van der Waals surface area (Å²) in [6.45, 7) is 0. The molecule has 0 aliphatic heterocycles. The summed E-state index contributed by atoms with van der Waals surface area (Å²) in [7, 11) is 0. The van der Waals surface area contributed by atoms with Gasteiger partial charge in [0, 0.05) is 26.7 Å². The molecule has 0 aromatic heterocycles. The maximum absolute atomic E-state index is 12.8. The zero-order valence-corrected chi connectivity index (χ0v) is 28.4. The van der Waals surface area contributed by atoms with Crippen molar-refractivity contribution in [3.63, 3.8) is 0 Å². The van der Waals surface area contributed by atoms with E-state index in [-0.39, 0.29) is 5.69 Å². The molecule has 0 bridgehead atoms. The van der Waals surface area contributed by atoms with Gasteiger partial charge in [0.05, 0.1) is 28.2 Å². The van der Waals surface area contributed by atoms with Crippen LogP contribution in [0.25, 0.3) is 0 Å². The normalized spacial score (nSPS) is 10.7. The van der Waals surface area contributed by atoms with Crippen molar-refractivity contribution in [1.29, 1.82) is 0 Å². The van der Waals surface area contributed by atoms with Crippen molar-refractivity contribution >= 4 is 33.0 Å². The summed E-state index contributed by atoms with van der Waals surface area (Å²) >= 11 is 2.95. The lowest BCUT2D eigenvalue weighted by Gasteiger charge is -2.10. The first-order valence-electron chi connectivity index (χ1n) is 15.3. The Balaban J connectivity index is 0.000000190. The van der Waals surface area contributed by atoms with Gasteiger partial charge in [-0.3, -0.25) is 5.43 Å². The van der Waals surface area contributed by atoms with Gasteiger partial charge < -0.3 is 5.84 Å². The van der Waals surface area contributed by atoms with Crippen molar-refractivity contribution in [3.8, 4) is 0 Å². The minimum atomic E-state index is -4.39. The van der Waals surface area contributed by atoms with Gasteiger partial charge in [0.1, 0.15) is 0 Å². The molecule has 0 amide bonds. The van der Waals surface area contributed by atoms with E-state index in [0.717, 1.165) is 52.2 Å². The molecule has 0 heterocycles. The molecule has 0 radical (unpaired) electrons. The molecule has 11 heteroatoms. The number of nitrogens with zero attached hydrogens (tertiary/aromatic N) is 2. The molecule has 0 saturated carbocycles. The van der Waals surface area contributed by atoms with Gasteiger partial charge in [0.2, 0.25) is 0 Å². The van der Waals surface area contributed by atoms with E-state index in [0.29, 0.717) is 10.2 Å². The number of hydrazone groups is 2. The topological polar surface area (TPSA) is 62.8 Å². The second-order valence-electron chi connectivity index (χ2n) is 10.6. The summed E-state index contributed by atoms with van der Waals surface area (Å²) in [5.74, 6) is 5.42. The number of nitrogens with two attached hydrogens (primary N) is 1. The predicted octanol–water partition coefficient (Wildman–Crippen LogP) is 11.4. The van der Waals surface area contributed by atoms with E-state index in [4.69, 9.17) is 5.84 Å². The lowest BCUT2D eigenvalue weighted by atomic mass is 10.0. The number of anilines is 1.